The Morgan fingerprint density at radius 2 is 1.79 bits per heavy atom. The lowest BCUT2D eigenvalue weighted by atomic mass is 10.0. The molecule has 7 nitrogen and oxygen atoms in total. The van der Waals surface area contributed by atoms with Crippen molar-refractivity contribution in [3.05, 3.63) is 48.0 Å². The lowest BCUT2D eigenvalue weighted by Gasteiger charge is -2.29. The second-order valence-electron chi connectivity index (χ2n) is 6.71. The molecule has 0 saturated heterocycles. The number of hydrogen-bond donors (Lipinski definition) is 1. The second kappa shape index (κ2) is 8.00. The predicted molar refractivity (Wildman–Crippen MR) is 110 cm³/mol. The lowest BCUT2D eigenvalue weighted by molar-refractivity contribution is 0.317. The van der Waals surface area contributed by atoms with E-state index < -0.39 is 20.0 Å². The summed E-state index contributed by atoms with van der Waals surface area (Å²) in [6.07, 6.45) is 3.51. The Bertz CT molecular complexity index is 1050. The van der Waals surface area contributed by atoms with Gasteiger partial charge in [0.15, 0.2) is 0 Å². The number of anilines is 2. The molecule has 0 amide bonds. The lowest BCUT2D eigenvalue weighted by Crippen LogP contribution is -2.34. The van der Waals surface area contributed by atoms with Gasteiger partial charge in [-0.1, -0.05) is 13.0 Å². The Labute approximate surface area is 166 Å². The summed E-state index contributed by atoms with van der Waals surface area (Å²) in [6, 6.07) is 11.2. The van der Waals surface area contributed by atoms with E-state index in [1.165, 1.54) is 16.4 Å². The van der Waals surface area contributed by atoms with Crippen LogP contribution in [0.2, 0.25) is 0 Å². The molecule has 3 rings (SSSR count). The summed E-state index contributed by atoms with van der Waals surface area (Å²) in [6.45, 7) is 2.95. The van der Waals surface area contributed by atoms with E-state index in [9.17, 15) is 16.8 Å². The molecule has 152 valence electrons. The van der Waals surface area contributed by atoms with Gasteiger partial charge in [-0.2, -0.15) is 0 Å². The number of hydrogen-bond acceptors (Lipinski definition) is 5. The quantitative estimate of drug-likeness (QED) is 0.738. The molecule has 28 heavy (non-hydrogen) atoms. The summed E-state index contributed by atoms with van der Waals surface area (Å²) in [4.78, 5) is 0.106. The molecule has 2 aromatic carbocycles. The number of nitrogens with zero attached hydrogens (tertiary/aromatic N) is 1. The number of nitrogens with one attached hydrogen (secondary N) is 1. The summed E-state index contributed by atoms with van der Waals surface area (Å²) < 4.78 is 58.8. The van der Waals surface area contributed by atoms with Gasteiger partial charge in [0.05, 0.1) is 29.1 Å². The standard InChI is InChI=1S/C19H24N2O5S2/c1-3-13-26-17-8-10-18(11-9-17)28(24,25)20-16-7-6-15-5-4-12-21(19(15)14-16)27(2,22)23/h6-11,14,20H,3-5,12-13H2,1-2H3. The first-order valence-corrected chi connectivity index (χ1v) is 12.4. The molecule has 0 spiro atoms. The molecule has 2 aromatic rings. The average molecular weight is 425 g/mol. The highest BCUT2D eigenvalue weighted by atomic mass is 32.2. The van der Waals surface area contributed by atoms with Crippen LogP contribution in [0, 0.1) is 0 Å². The first-order chi connectivity index (χ1) is 13.2. The number of rotatable bonds is 7. The van der Waals surface area contributed by atoms with Gasteiger partial charge in [-0.25, -0.2) is 16.8 Å². The monoisotopic (exact) mass is 424 g/mol. The van der Waals surface area contributed by atoms with Crippen molar-refractivity contribution in [1.82, 2.24) is 0 Å². The molecule has 1 heterocycles. The van der Waals surface area contributed by atoms with Crippen LogP contribution in [-0.2, 0) is 26.5 Å². The van der Waals surface area contributed by atoms with Crippen LogP contribution >= 0.6 is 0 Å². The van der Waals surface area contributed by atoms with E-state index in [2.05, 4.69) is 4.72 Å². The molecule has 0 aromatic heterocycles. The van der Waals surface area contributed by atoms with Crippen molar-refractivity contribution in [3.8, 4) is 5.75 Å². The maximum Gasteiger partial charge on any atom is 0.261 e. The van der Waals surface area contributed by atoms with Gasteiger partial charge < -0.3 is 4.74 Å². The smallest absolute Gasteiger partial charge is 0.261 e. The summed E-state index contributed by atoms with van der Waals surface area (Å²) >= 11 is 0. The average Bonchev–Trinajstić information content (AvgIpc) is 2.65. The zero-order chi connectivity index (χ0) is 20.4. The van der Waals surface area contributed by atoms with E-state index in [4.69, 9.17) is 4.74 Å². The van der Waals surface area contributed by atoms with Crippen molar-refractivity contribution in [1.29, 1.82) is 0 Å². The Morgan fingerprint density at radius 1 is 1.07 bits per heavy atom. The minimum atomic E-state index is -3.80. The molecule has 0 unspecified atom stereocenters. The van der Waals surface area contributed by atoms with Gasteiger partial charge in [0, 0.05) is 6.54 Å². The normalized spacial score (nSPS) is 14.4. The molecule has 0 bridgehead atoms. The van der Waals surface area contributed by atoms with Crippen molar-refractivity contribution >= 4 is 31.4 Å². The highest BCUT2D eigenvalue weighted by Gasteiger charge is 2.25. The molecular formula is C19H24N2O5S2. The molecule has 9 heteroatoms. The molecule has 0 aliphatic carbocycles. The number of sulfonamides is 2. The summed E-state index contributed by atoms with van der Waals surface area (Å²) in [5, 5.41) is 0. The van der Waals surface area contributed by atoms with Gasteiger partial charge in [0.25, 0.3) is 10.0 Å². The van der Waals surface area contributed by atoms with Crippen molar-refractivity contribution in [2.24, 2.45) is 0 Å². The summed E-state index contributed by atoms with van der Waals surface area (Å²) in [7, 11) is -7.23. The Morgan fingerprint density at radius 3 is 2.43 bits per heavy atom. The highest BCUT2D eigenvalue weighted by molar-refractivity contribution is 7.92. The molecule has 0 saturated carbocycles. The van der Waals surface area contributed by atoms with Crippen molar-refractivity contribution < 1.29 is 21.6 Å². The van der Waals surface area contributed by atoms with E-state index in [0.717, 1.165) is 31.1 Å². The van der Waals surface area contributed by atoms with Crippen LogP contribution in [0.3, 0.4) is 0 Å². The minimum Gasteiger partial charge on any atom is -0.494 e. The molecular weight excluding hydrogens is 400 g/mol. The Balaban J connectivity index is 1.85. The topological polar surface area (TPSA) is 92.8 Å². The largest absolute Gasteiger partial charge is 0.494 e. The van der Waals surface area contributed by atoms with Crippen LogP contribution in [0.1, 0.15) is 25.3 Å². The van der Waals surface area contributed by atoms with Crippen LogP contribution in [0.5, 0.6) is 5.75 Å². The minimum absolute atomic E-state index is 0.106. The van der Waals surface area contributed by atoms with Crippen LogP contribution in [-0.4, -0.2) is 36.2 Å². The molecule has 0 atom stereocenters. The van der Waals surface area contributed by atoms with E-state index in [1.54, 1.807) is 30.3 Å². The predicted octanol–water partition coefficient (Wildman–Crippen LogP) is 2.99. The number of ether oxygens (including phenoxy) is 1. The first kappa shape index (κ1) is 20.5. The third-order valence-corrected chi connectivity index (χ3v) is 7.00. The van der Waals surface area contributed by atoms with Gasteiger partial charge in [-0.3, -0.25) is 9.03 Å². The van der Waals surface area contributed by atoms with E-state index in [-0.39, 0.29) is 4.90 Å². The SMILES string of the molecule is CCCOc1ccc(S(=O)(=O)Nc2ccc3c(c2)N(S(C)(=O)=O)CCC3)cc1. The van der Waals surface area contributed by atoms with E-state index in [1.807, 2.05) is 6.92 Å². The van der Waals surface area contributed by atoms with Crippen molar-refractivity contribution in [2.75, 3.05) is 28.4 Å². The second-order valence-corrected chi connectivity index (χ2v) is 10.3. The molecule has 0 radical (unpaired) electrons. The Hall–Kier alpha value is -2.26. The first-order valence-electron chi connectivity index (χ1n) is 9.07. The van der Waals surface area contributed by atoms with Crippen molar-refractivity contribution in [3.63, 3.8) is 0 Å². The van der Waals surface area contributed by atoms with Gasteiger partial charge in [-0.15, -0.1) is 0 Å². The molecule has 1 aliphatic heterocycles. The molecule has 1 aliphatic rings. The number of benzene rings is 2. The van der Waals surface area contributed by atoms with E-state index >= 15 is 0 Å². The zero-order valence-corrected chi connectivity index (χ0v) is 17.5. The molecule has 0 fully saturated rings. The van der Waals surface area contributed by atoms with Gasteiger partial charge in [-0.05, 0) is 61.2 Å². The fourth-order valence-corrected chi connectivity index (χ4v) is 5.14. The van der Waals surface area contributed by atoms with Crippen molar-refractivity contribution in [2.45, 2.75) is 31.1 Å². The summed E-state index contributed by atoms with van der Waals surface area (Å²) in [5.41, 5.74) is 1.73. The van der Waals surface area contributed by atoms with Gasteiger partial charge in [0.2, 0.25) is 10.0 Å². The van der Waals surface area contributed by atoms with Gasteiger partial charge >= 0.3 is 0 Å². The fraction of sp³-hybridized carbons (Fsp3) is 0.368. The van der Waals surface area contributed by atoms with Crippen LogP contribution < -0.4 is 13.8 Å². The van der Waals surface area contributed by atoms with Crippen LogP contribution in [0.4, 0.5) is 11.4 Å². The maximum absolute atomic E-state index is 12.7. The third-order valence-electron chi connectivity index (χ3n) is 4.42. The zero-order valence-electron chi connectivity index (χ0n) is 15.9. The Kier molecular flexibility index (Phi) is 5.85. The highest BCUT2D eigenvalue weighted by Crippen LogP contribution is 2.32. The maximum atomic E-state index is 12.7. The van der Waals surface area contributed by atoms with Crippen LogP contribution in [0.25, 0.3) is 0 Å². The number of aryl methyl sites for hydroxylation is 1. The van der Waals surface area contributed by atoms with Gasteiger partial charge in [0.1, 0.15) is 5.75 Å². The molecule has 1 N–H and O–H groups in total. The fourth-order valence-electron chi connectivity index (χ4n) is 3.10. The number of fused-ring (bicyclic) bond motifs is 1. The van der Waals surface area contributed by atoms with Crippen LogP contribution in [0.15, 0.2) is 47.4 Å². The third kappa shape index (κ3) is 4.59. The van der Waals surface area contributed by atoms with E-state index in [0.29, 0.717) is 30.3 Å². The summed E-state index contributed by atoms with van der Waals surface area (Å²) in [5.74, 6) is 0.610.